The van der Waals surface area contributed by atoms with E-state index in [1.807, 2.05) is 25.1 Å². The van der Waals surface area contributed by atoms with Gasteiger partial charge in [-0.3, -0.25) is 14.4 Å². The van der Waals surface area contributed by atoms with Gasteiger partial charge in [0.1, 0.15) is 0 Å². The van der Waals surface area contributed by atoms with Crippen molar-refractivity contribution in [2.24, 2.45) is 0 Å². The van der Waals surface area contributed by atoms with Crippen LogP contribution in [-0.2, 0) is 19.1 Å². The van der Waals surface area contributed by atoms with Gasteiger partial charge in [0.2, 0.25) is 5.91 Å². The number of carbonyl (C=O) groups is 3. The molecule has 0 unspecified atom stereocenters. The maximum Gasteiger partial charge on any atom is 0.307 e. The molecule has 2 amide bonds. The van der Waals surface area contributed by atoms with E-state index in [0.717, 1.165) is 16.1 Å². The molecule has 0 bridgehead atoms. The Labute approximate surface area is 165 Å². The molecular weight excluding hydrogens is 388 g/mol. The van der Waals surface area contributed by atoms with E-state index in [0.29, 0.717) is 10.7 Å². The lowest BCUT2D eigenvalue weighted by Crippen LogP contribution is -2.32. The molecule has 0 aliphatic carbocycles. The molecular formula is C19H17ClN2O4S. The average molecular weight is 405 g/mol. The van der Waals surface area contributed by atoms with E-state index >= 15 is 0 Å². The molecule has 1 atom stereocenters. The van der Waals surface area contributed by atoms with E-state index in [1.165, 1.54) is 11.8 Å². The number of para-hydroxylation sites is 1. The fourth-order valence-electron chi connectivity index (χ4n) is 2.45. The van der Waals surface area contributed by atoms with Crippen molar-refractivity contribution in [3.05, 3.63) is 53.1 Å². The maximum atomic E-state index is 12.1. The van der Waals surface area contributed by atoms with Crippen molar-refractivity contribution in [1.82, 2.24) is 0 Å². The van der Waals surface area contributed by atoms with Gasteiger partial charge in [-0.1, -0.05) is 29.8 Å². The van der Waals surface area contributed by atoms with Crippen molar-refractivity contribution in [3.63, 3.8) is 0 Å². The van der Waals surface area contributed by atoms with E-state index < -0.39 is 23.7 Å². The molecule has 6 nitrogen and oxygen atoms in total. The number of hydrogen-bond acceptors (Lipinski definition) is 5. The van der Waals surface area contributed by atoms with E-state index in [4.69, 9.17) is 16.3 Å². The zero-order valence-electron chi connectivity index (χ0n) is 14.5. The number of fused-ring (bicyclic) bond motifs is 1. The number of carbonyl (C=O) groups excluding carboxylic acids is 3. The first-order chi connectivity index (χ1) is 12.9. The number of rotatable bonds is 5. The van der Waals surface area contributed by atoms with Crippen LogP contribution < -0.4 is 10.6 Å². The number of hydrogen-bond donors (Lipinski definition) is 2. The molecule has 0 saturated heterocycles. The highest BCUT2D eigenvalue weighted by molar-refractivity contribution is 8.01. The molecule has 2 aromatic carbocycles. The first-order valence-corrected chi connectivity index (χ1v) is 9.46. The molecule has 1 aliphatic heterocycles. The Kier molecular flexibility index (Phi) is 6.03. The van der Waals surface area contributed by atoms with Crippen LogP contribution in [0.5, 0.6) is 0 Å². The average Bonchev–Trinajstić information content (AvgIpc) is 2.64. The summed E-state index contributed by atoms with van der Waals surface area (Å²) in [7, 11) is 0. The van der Waals surface area contributed by atoms with Gasteiger partial charge in [0.25, 0.3) is 5.91 Å². The minimum atomic E-state index is -0.612. The van der Waals surface area contributed by atoms with Gasteiger partial charge in [0.15, 0.2) is 6.61 Å². The number of thioether (sulfide) groups is 1. The third-order valence-corrected chi connectivity index (χ3v) is 5.56. The summed E-state index contributed by atoms with van der Waals surface area (Å²) < 4.78 is 4.99. The zero-order chi connectivity index (χ0) is 19.4. The Bertz CT molecular complexity index is 903. The Balaban J connectivity index is 1.49. The summed E-state index contributed by atoms with van der Waals surface area (Å²) in [6, 6.07) is 12.5. The quantitative estimate of drug-likeness (QED) is 0.743. The molecule has 1 aliphatic rings. The second-order valence-corrected chi connectivity index (χ2v) is 7.62. The summed E-state index contributed by atoms with van der Waals surface area (Å²) in [5.74, 6) is -1.34. The third kappa shape index (κ3) is 5.02. The Morgan fingerprint density at radius 3 is 2.81 bits per heavy atom. The molecule has 0 radical (unpaired) electrons. The first-order valence-electron chi connectivity index (χ1n) is 8.20. The van der Waals surface area contributed by atoms with Gasteiger partial charge in [-0.25, -0.2) is 0 Å². The van der Waals surface area contributed by atoms with Gasteiger partial charge in [-0.2, -0.15) is 0 Å². The third-order valence-electron chi connectivity index (χ3n) is 3.88. The normalized spacial score (nSPS) is 15.5. The van der Waals surface area contributed by atoms with Crippen molar-refractivity contribution >= 4 is 52.5 Å². The van der Waals surface area contributed by atoms with Crippen LogP contribution >= 0.6 is 23.4 Å². The highest BCUT2D eigenvalue weighted by Gasteiger charge is 2.29. The topological polar surface area (TPSA) is 84.5 Å². The van der Waals surface area contributed by atoms with Crippen LogP contribution in [0.25, 0.3) is 0 Å². The lowest BCUT2D eigenvalue weighted by molar-refractivity contribution is -0.147. The fraction of sp³-hybridized carbons (Fsp3) is 0.211. The van der Waals surface area contributed by atoms with Crippen molar-refractivity contribution in [3.8, 4) is 0 Å². The van der Waals surface area contributed by atoms with E-state index in [2.05, 4.69) is 10.6 Å². The van der Waals surface area contributed by atoms with Gasteiger partial charge in [0, 0.05) is 15.6 Å². The maximum absolute atomic E-state index is 12.1. The highest BCUT2D eigenvalue weighted by atomic mass is 35.5. The first kappa shape index (κ1) is 19.3. The van der Waals surface area contributed by atoms with Gasteiger partial charge in [-0.15, -0.1) is 11.8 Å². The SMILES string of the molecule is Cc1ccc(NC(=O)COC(=O)C[C@@H]2Sc3ccccc3NC2=O)cc1Cl. The number of halogens is 1. The molecule has 2 N–H and O–H groups in total. The Hall–Kier alpha value is -2.51. The lowest BCUT2D eigenvalue weighted by Gasteiger charge is -2.23. The number of esters is 1. The number of amides is 2. The van der Waals surface area contributed by atoms with Crippen molar-refractivity contribution in [2.45, 2.75) is 23.5 Å². The molecule has 1 heterocycles. The van der Waals surface area contributed by atoms with Crippen molar-refractivity contribution in [1.29, 1.82) is 0 Å². The van der Waals surface area contributed by atoms with Crippen molar-refractivity contribution < 1.29 is 19.1 Å². The number of anilines is 2. The van der Waals surface area contributed by atoms with Gasteiger partial charge < -0.3 is 15.4 Å². The largest absolute Gasteiger partial charge is 0.456 e. The van der Waals surface area contributed by atoms with E-state index in [1.54, 1.807) is 24.3 Å². The molecule has 140 valence electrons. The molecule has 0 spiro atoms. The minimum Gasteiger partial charge on any atom is -0.456 e. The highest BCUT2D eigenvalue weighted by Crippen LogP contribution is 2.36. The van der Waals surface area contributed by atoms with Crippen LogP contribution in [-0.4, -0.2) is 29.6 Å². The predicted octanol–water partition coefficient (Wildman–Crippen LogP) is 3.63. The smallest absolute Gasteiger partial charge is 0.307 e. The second kappa shape index (κ2) is 8.45. The second-order valence-electron chi connectivity index (χ2n) is 5.97. The summed E-state index contributed by atoms with van der Waals surface area (Å²) >= 11 is 7.31. The van der Waals surface area contributed by atoms with Crippen molar-refractivity contribution in [2.75, 3.05) is 17.2 Å². The fourth-order valence-corrected chi connectivity index (χ4v) is 3.73. The Morgan fingerprint density at radius 1 is 1.26 bits per heavy atom. The molecule has 0 saturated carbocycles. The minimum absolute atomic E-state index is 0.117. The monoisotopic (exact) mass is 404 g/mol. The summed E-state index contributed by atoms with van der Waals surface area (Å²) in [6.07, 6.45) is -0.117. The summed E-state index contributed by atoms with van der Waals surface area (Å²) in [4.78, 5) is 36.9. The van der Waals surface area contributed by atoms with Gasteiger partial charge >= 0.3 is 5.97 Å². The van der Waals surface area contributed by atoms with Crippen LogP contribution in [0.1, 0.15) is 12.0 Å². The lowest BCUT2D eigenvalue weighted by atomic mass is 10.2. The number of benzene rings is 2. The molecule has 0 aromatic heterocycles. The molecule has 27 heavy (non-hydrogen) atoms. The van der Waals surface area contributed by atoms with Crippen LogP contribution in [0.3, 0.4) is 0 Å². The standard InChI is InChI=1S/C19H17ClN2O4S/c1-11-6-7-12(8-13(11)20)21-17(23)10-26-18(24)9-16-19(25)22-14-4-2-3-5-15(14)27-16/h2-8,16H,9-10H2,1H3,(H,21,23)(H,22,25)/t16-/m0/s1. The summed E-state index contributed by atoms with van der Waals surface area (Å²) in [5, 5.41) is 5.31. The van der Waals surface area contributed by atoms with Crippen LogP contribution in [0.4, 0.5) is 11.4 Å². The van der Waals surface area contributed by atoms with Gasteiger partial charge in [-0.05, 0) is 36.8 Å². The van der Waals surface area contributed by atoms with E-state index in [9.17, 15) is 14.4 Å². The van der Waals surface area contributed by atoms with Crippen LogP contribution in [0.2, 0.25) is 5.02 Å². The molecule has 8 heteroatoms. The van der Waals surface area contributed by atoms with E-state index in [-0.39, 0.29) is 12.3 Å². The summed E-state index contributed by atoms with van der Waals surface area (Å²) in [6.45, 7) is 1.42. The van der Waals surface area contributed by atoms with Gasteiger partial charge in [0.05, 0.1) is 17.4 Å². The molecule has 2 aromatic rings. The van der Waals surface area contributed by atoms with Crippen LogP contribution in [0, 0.1) is 6.92 Å². The van der Waals surface area contributed by atoms with Crippen LogP contribution in [0.15, 0.2) is 47.4 Å². The predicted molar refractivity (Wildman–Crippen MR) is 105 cm³/mol. The number of ether oxygens (including phenoxy) is 1. The summed E-state index contributed by atoms with van der Waals surface area (Å²) in [5.41, 5.74) is 2.14. The zero-order valence-corrected chi connectivity index (χ0v) is 16.0. The number of aryl methyl sites for hydroxylation is 1. The molecule has 3 rings (SSSR count). The number of nitrogens with one attached hydrogen (secondary N) is 2. The Morgan fingerprint density at radius 2 is 2.04 bits per heavy atom. The molecule has 0 fully saturated rings.